The van der Waals surface area contributed by atoms with Crippen LogP contribution in [0.1, 0.15) is 5.69 Å². The minimum atomic E-state index is 0.685. The number of rotatable bonds is 3. The van der Waals surface area contributed by atoms with E-state index in [-0.39, 0.29) is 0 Å². The van der Waals surface area contributed by atoms with Gasteiger partial charge in [0.05, 0.1) is 7.11 Å². The van der Waals surface area contributed by atoms with E-state index < -0.39 is 0 Å². The fraction of sp³-hybridized carbons (Fsp3) is 0.154. The van der Waals surface area contributed by atoms with E-state index in [9.17, 15) is 0 Å². The summed E-state index contributed by atoms with van der Waals surface area (Å²) < 4.78 is 5.27. The van der Waals surface area contributed by atoms with E-state index in [1.807, 2.05) is 24.3 Å². The molecule has 1 aromatic carbocycles. The van der Waals surface area contributed by atoms with Crippen LogP contribution in [0.5, 0.6) is 5.88 Å². The second-order valence-corrected chi connectivity index (χ2v) is 3.34. The molecular weight excluding hydrogens is 186 g/mol. The molecule has 0 amide bonds. The van der Waals surface area contributed by atoms with Gasteiger partial charge < -0.3 is 4.74 Å². The highest BCUT2D eigenvalue weighted by Crippen LogP contribution is 2.24. The quantitative estimate of drug-likeness (QED) is 0.709. The van der Waals surface area contributed by atoms with Crippen molar-refractivity contribution in [1.82, 2.24) is 4.98 Å². The molecule has 1 heterocycles. The molecule has 0 aliphatic carbocycles. The predicted octanol–water partition coefficient (Wildman–Crippen LogP) is 2.97. The Balaban J connectivity index is 2.65. The smallest absolute Gasteiger partial charge is 0.221 e. The summed E-state index contributed by atoms with van der Waals surface area (Å²) in [6.07, 6.45) is 2.61. The molecule has 0 atom stereocenters. The van der Waals surface area contributed by atoms with Gasteiger partial charge in [0.25, 0.3) is 0 Å². The Kier molecular flexibility index (Phi) is 2.68. The summed E-state index contributed by atoms with van der Waals surface area (Å²) in [7, 11) is 1.65. The second kappa shape index (κ2) is 4.13. The third kappa shape index (κ3) is 1.84. The third-order valence-electron chi connectivity index (χ3n) is 2.31. The molecule has 0 aliphatic heterocycles. The Bertz CT molecular complexity index is 491. The van der Waals surface area contributed by atoms with Crippen LogP contribution in [-0.4, -0.2) is 12.1 Å². The minimum absolute atomic E-state index is 0.685. The van der Waals surface area contributed by atoms with E-state index in [0.29, 0.717) is 5.88 Å². The van der Waals surface area contributed by atoms with Gasteiger partial charge in [-0.15, -0.1) is 6.58 Å². The van der Waals surface area contributed by atoms with Crippen molar-refractivity contribution in [2.75, 3.05) is 7.11 Å². The molecule has 0 unspecified atom stereocenters. The molecule has 0 saturated carbocycles. The normalized spacial score (nSPS) is 10.2. The fourth-order valence-corrected chi connectivity index (χ4v) is 1.63. The van der Waals surface area contributed by atoms with Crippen LogP contribution >= 0.6 is 0 Å². The van der Waals surface area contributed by atoms with Gasteiger partial charge in [0.2, 0.25) is 5.88 Å². The standard InChI is InChI=1S/C13H13NO/c1-3-6-11-9-10-7-4-5-8-12(10)13(14-11)15-2/h3-5,7-9H,1,6H2,2H3. The molecule has 2 aromatic rings. The molecule has 2 rings (SSSR count). The van der Waals surface area contributed by atoms with Crippen molar-refractivity contribution in [2.45, 2.75) is 6.42 Å². The number of nitrogens with zero attached hydrogens (tertiary/aromatic N) is 1. The number of hydrogen-bond acceptors (Lipinski definition) is 2. The molecule has 2 heteroatoms. The van der Waals surface area contributed by atoms with E-state index in [2.05, 4.69) is 23.7 Å². The van der Waals surface area contributed by atoms with Gasteiger partial charge in [0, 0.05) is 17.5 Å². The molecule has 0 N–H and O–H groups in total. The first kappa shape index (κ1) is 9.71. The van der Waals surface area contributed by atoms with Crippen LogP contribution in [-0.2, 0) is 6.42 Å². The topological polar surface area (TPSA) is 22.1 Å². The lowest BCUT2D eigenvalue weighted by Gasteiger charge is -2.06. The number of hydrogen-bond donors (Lipinski definition) is 0. The van der Waals surface area contributed by atoms with Crippen molar-refractivity contribution in [2.24, 2.45) is 0 Å². The van der Waals surface area contributed by atoms with Crippen molar-refractivity contribution in [1.29, 1.82) is 0 Å². The predicted molar refractivity (Wildman–Crippen MR) is 62.2 cm³/mol. The van der Waals surface area contributed by atoms with Crippen LogP contribution in [0.25, 0.3) is 10.8 Å². The van der Waals surface area contributed by atoms with Crippen molar-refractivity contribution < 1.29 is 4.74 Å². The van der Waals surface area contributed by atoms with E-state index in [1.54, 1.807) is 7.11 Å². The number of methoxy groups -OCH3 is 1. The van der Waals surface area contributed by atoms with Crippen molar-refractivity contribution in [3.63, 3.8) is 0 Å². The molecule has 0 radical (unpaired) electrons. The zero-order valence-corrected chi connectivity index (χ0v) is 8.73. The third-order valence-corrected chi connectivity index (χ3v) is 2.31. The first-order valence-corrected chi connectivity index (χ1v) is 4.88. The number of fused-ring (bicyclic) bond motifs is 1. The van der Waals surface area contributed by atoms with Gasteiger partial charge in [-0.3, -0.25) is 0 Å². The molecule has 1 aromatic heterocycles. The first-order chi connectivity index (χ1) is 7.35. The van der Waals surface area contributed by atoms with E-state index in [4.69, 9.17) is 4.74 Å². The monoisotopic (exact) mass is 199 g/mol. The molecule has 76 valence electrons. The number of ether oxygens (including phenoxy) is 1. The molecule has 0 saturated heterocycles. The van der Waals surface area contributed by atoms with Crippen LogP contribution < -0.4 is 4.74 Å². The number of benzene rings is 1. The largest absolute Gasteiger partial charge is 0.481 e. The molecular formula is C13H13NO. The van der Waals surface area contributed by atoms with Gasteiger partial charge in [-0.25, -0.2) is 4.98 Å². The molecule has 15 heavy (non-hydrogen) atoms. The van der Waals surface area contributed by atoms with Gasteiger partial charge in [-0.1, -0.05) is 24.3 Å². The summed E-state index contributed by atoms with van der Waals surface area (Å²) in [6, 6.07) is 10.1. The Labute approximate surface area is 89.2 Å². The maximum Gasteiger partial charge on any atom is 0.221 e. The highest BCUT2D eigenvalue weighted by Gasteiger charge is 2.04. The van der Waals surface area contributed by atoms with Gasteiger partial charge >= 0.3 is 0 Å². The first-order valence-electron chi connectivity index (χ1n) is 4.88. The summed E-state index contributed by atoms with van der Waals surface area (Å²) in [4.78, 5) is 4.42. The number of allylic oxidation sites excluding steroid dienone is 1. The lowest BCUT2D eigenvalue weighted by atomic mass is 10.1. The maximum atomic E-state index is 5.27. The number of pyridine rings is 1. The Morgan fingerprint density at radius 1 is 1.40 bits per heavy atom. The molecule has 0 spiro atoms. The minimum Gasteiger partial charge on any atom is -0.481 e. The van der Waals surface area contributed by atoms with E-state index in [0.717, 1.165) is 22.9 Å². The average Bonchev–Trinajstić information content (AvgIpc) is 2.28. The SMILES string of the molecule is C=CCc1cc2ccccc2c(OC)n1. The average molecular weight is 199 g/mol. The van der Waals surface area contributed by atoms with Crippen LogP contribution in [0, 0.1) is 0 Å². The number of aromatic nitrogens is 1. The van der Waals surface area contributed by atoms with E-state index in [1.165, 1.54) is 0 Å². The molecule has 0 aliphatic rings. The van der Waals surface area contributed by atoms with Crippen molar-refractivity contribution in [3.8, 4) is 5.88 Å². The lowest BCUT2D eigenvalue weighted by molar-refractivity contribution is 0.402. The Hall–Kier alpha value is -1.83. The van der Waals surface area contributed by atoms with Gasteiger partial charge in [0.15, 0.2) is 0 Å². The fourth-order valence-electron chi connectivity index (χ4n) is 1.63. The zero-order valence-electron chi connectivity index (χ0n) is 8.73. The summed E-state index contributed by atoms with van der Waals surface area (Å²) in [5.41, 5.74) is 0.987. The summed E-state index contributed by atoms with van der Waals surface area (Å²) >= 11 is 0. The summed E-state index contributed by atoms with van der Waals surface area (Å²) in [6.45, 7) is 3.71. The summed E-state index contributed by atoms with van der Waals surface area (Å²) in [5.74, 6) is 0.685. The second-order valence-electron chi connectivity index (χ2n) is 3.34. The Morgan fingerprint density at radius 2 is 2.20 bits per heavy atom. The molecule has 0 fully saturated rings. The van der Waals surface area contributed by atoms with E-state index >= 15 is 0 Å². The maximum absolute atomic E-state index is 5.27. The molecule has 2 nitrogen and oxygen atoms in total. The highest BCUT2D eigenvalue weighted by atomic mass is 16.5. The van der Waals surface area contributed by atoms with Crippen molar-refractivity contribution >= 4 is 10.8 Å². The van der Waals surface area contributed by atoms with Gasteiger partial charge in [-0.05, 0) is 17.5 Å². The van der Waals surface area contributed by atoms with Crippen LogP contribution in [0.4, 0.5) is 0 Å². The lowest BCUT2D eigenvalue weighted by Crippen LogP contribution is -1.94. The highest BCUT2D eigenvalue weighted by molar-refractivity contribution is 5.87. The van der Waals surface area contributed by atoms with Crippen LogP contribution in [0.15, 0.2) is 43.0 Å². The van der Waals surface area contributed by atoms with Crippen LogP contribution in [0.3, 0.4) is 0 Å². The zero-order chi connectivity index (χ0) is 10.7. The Morgan fingerprint density at radius 3 is 2.93 bits per heavy atom. The molecule has 0 bridgehead atoms. The van der Waals surface area contributed by atoms with Gasteiger partial charge in [-0.2, -0.15) is 0 Å². The van der Waals surface area contributed by atoms with Crippen LogP contribution in [0.2, 0.25) is 0 Å². The summed E-state index contributed by atoms with van der Waals surface area (Å²) in [5, 5.41) is 2.20. The van der Waals surface area contributed by atoms with Crippen molar-refractivity contribution in [3.05, 3.63) is 48.7 Å². The van der Waals surface area contributed by atoms with Gasteiger partial charge in [0.1, 0.15) is 0 Å².